The van der Waals surface area contributed by atoms with Crippen molar-refractivity contribution >= 4 is 12.0 Å². The number of carboxylic acids is 1. The number of nitriles is 1. The van der Waals surface area contributed by atoms with E-state index in [-0.39, 0.29) is 5.57 Å². The third kappa shape index (κ3) is 4.98. The van der Waals surface area contributed by atoms with Gasteiger partial charge in [0.25, 0.3) is 0 Å². The molecule has 1 saturated heterocycles. The molecule has 1 aliphatic rings. The molecule has 7 heteroatoms. The van der Waals surface area contributed by atoms with Crippen molar-refractivity contribution in [2.24, 2.45) is 0 Å². The molecule has 0 bridgehead atoms. The Balaban J connectivity index is 2.00. The second-order valence-electron chi connectivity index (χ2n) is 5.19. The molecule has 0 amide bonds. The van der Waals surface area contributed by atoms with E-state index in [4.69, 9.17) is 24.6 Å². The van der Waals surface area contributed by atoms with Crippen molar-refractivity contribution in [2.75, 3.05) is 46.6 Å². The van der Waals surface area contributed by atoms with E-state index in [0.717, 1.165) is 32.8 Å². The number of ether oxygens (including phenoxy) is 3. The molecule has 1 aromatic rings. The van der Waals surface area contributed by atoms with Gasteiger partial charge in [0.2, 0.25) is 0 Å². The third-order valence-corrected chi connectivity index (χ3v) is 3.62. The predicted octanol–water partition coefficient (Wildman–Crippen LogP) is 1.40. The summed E-state index contributed by atoms with van der Waals surface area (Å²) in [6.45, 7) is 4.60. The minimum Gasteiger partial charge on any atom is -0.493 e. The van der Waals surface area contributed by atoms with Gasteiger partial charge >= 0.3 is 5.97 Å². The fraction of sp³-hybridized carbons (Fsp3) is 0.412. The molecule has 1 aliphatic heterocycles. The van der Waals surface area contributed by atoms with Crippen LogP contribution in [0.4, 0.5) is 0 Å². The number of carbonyl (C=O) groups is 1. The standard InChI is InChI=1S/C17H20N2O5/c1-22-16-11-13(10-14(12-18)17(20)21)2-3-15(16)24-9-6-19-4-7-23-8-5-19/h2-3,10-11H,4-9H2,1H3,(H,20,21). The van der Waals surface area contributed by atoms with Crippen LogP contribution in [0.15, 0.2) is 23.8 Å². The van der Waals surface area contributed by atoms with Gasteiger partial charge in [-0.2, -0.15) is 5.26 Å². The number of methoxy groups -OCH3 is 1. The molecule has 0 aliphatic carbocycles. The Bertz CT molecular complexity index is 645. The van der Waals surface area contributed by atoms with Gasteiger partial charge in [0, 0.05) is 19.6 Å². The lowest BCUT2D eigenvalue weighted by molar-refractivity contribution is -0.132. The number of hydrogen-bond donors (Lipinski definition) is 1. The van der Waals surface area contributed by atoms with E-state index < -0.39 is 5.97 Å². The molecule has 128 valence electrons. The Hall–Kier alpha value is -2.56. The Kier molecular flexibility index (Phi) is 6.61. The van der Waals surface area contributed by atoms with Gasteiger partial charge in [-0.25, -0.2) is 4.79 Å². The lowest BCUT2D eigenvalue weighted by atomic mass is 10.1. The molecule has 0 unspecified atom stereocenters. The van der Waals surface area contributed by atoms with Crippen LogP contribution < -0.4 is 9.47 Å². The molecule has 7 nitrogen and oxygen atoms in total. The lowest BCUT2D eigenvalue weighted by Gasteiger charge is -2.26. The summed E-state index contributed by atoms with van der Waals surface area (Å²) in [5.41, 5.74) is 0.226. The predicted molar refractivity (Wildman–Crippen MR) is 87.0 cm³/mol. The average Bonchev–Trinajstić information content (AvgIpc) is 2.61. The molecule has 0 saturated carbocycles. The highest BCUT2D eigenvalue weighted by Gasteiger charge is 2.12. The van der Waals surface area contributed by atoms with E-state index >= 15 is 0 Å². The van der Waals surface area contributed by atoms with Gasteiger partial charge in [-0.15, -0.1) is 0 Å². The Morgan fingerprint density at radius 3 is 2.79 bits per heavy atom. The Morgan fingerprint density at radius 1 is 1.42 bits per heavy atom. The normalized spacial score (nSPS) is 15.6. The number of nitrogens with zero attached hydrogens (tertiary/aromatic N) is 2. The summed E-state index contributed by atoms with van der Waals surface area (Å²) in [6, 6.07) is 6.69. The highest BCUT2D eigenvalue weighted by molar-refractivity contribution is 5.96. The van der Waals surface area contributed by atoms with Gasteiger partial charge in [-0.1, -0.05) is 6.07 Å². The van der Waals surface area contributed by atoms with Crippen molar-refractivity contribution in [3.8, 4) is 17.6 Å². The fourth-order valence-corrected chi connectivity index (χ4v) is 2.31. The summed E-state index contributed by atoms with van der Waals surface area (Å²) in [6.07, 6.45) is 1.29. The van der Waals surface area contributed by atoms with Crippen LogP contribution >= 0.6 is 0 Å². The fourth-order valence-electron chi connectivity index (χ4n) is 2.31. The first kappa shape index (κ1) is 17.8. The van der Waals surface area contributed by atoms with Crippen molar-refractivity contribution in [3.63, 3.8) is 0 Å². The van der Waals surface area contributed by atoms with Crippen LogP contribution in [-0.2, 0) is 9.53 Å². The molecule has 2 rings (SSSR count). The van der Waals surface area contributed by atoms with Crippen molar-refractivity contribution in [2.45, 2.75) is 0 Å². The van der Waals surface area contributed by atoms with Crippen LogP contribution in [0.5, 0.6) is 11.5 Å². The summed E-state index contributed by atoms with van der Waals surface area (Å²) in [5.74, 6) is -0.188. The summed E-state index contributed by atoms with van der Waals surface area (Å²) in [4.78, 5) is 13.2. The van der Waals surface area contributed by atoms with Gasteiger partial charge < -0.3 is 19.3 Å². The second kappa shape index (κ2) is 8.91. The number of rotatable bonds is 7. The van der Waals surface area contributed by atoms with Crippen molar-refractivity contribution < 1.29 is 24.1 Å². The monoisotopic (exact) mass is 332 g/mol. The van der Waals surface area contributed by atoms with Crippen LogP contribution in [0.3, 0.4) is 0 Å². The molecular weight excluding hydrogens is 312 g/mol. The summed E-state index contributed by atoms with van der Waals surface area (Å²) in [5, 5.41) is 17.7. The van der Waals surface area contributed by atoms with E-state index in [1.807, 2.05) is 0 Å². The van der Waals surface area contributed by atoms with E-state index in [1.54, 1.807) is 24.3 Å². The van der Waals surface area contributed by atoms with Crippen LogP contribution in [-0.4, -0.2) is 62.5 Å². The molecule has 1 heterocycles. The van der Waals surface area contributed by atoms with E-state index in [0.29, 0.717) is 23.7 Å². The minimum atomic E-state index is -1.26. The molecule has 1 fully saturated rings. The highest BCUT2D eigenvalue weighted by atomic mass is 16.5. The smallest absolute Gasteiger partial charge is 0.346 e. The number of aliphatic carboxylic acids is 1. The number of carboxylic acid groups (broad SMARTS) is 1. The van der Waals surface area contributed by atoms with Gasteiger partial charge in [-0.05, 0) is 23.8 Å². The zero-order valence-electron chi connectivity index (χ0n) is 13.5. The van der Waals surface area contributed by atoms with Gasteiger partial charge in [0.05, 0.1) is 20.3 Å². The maximum atomic E-state index is 10.9. The van der Waals surface area contributed by atoms with Crippen molar-refractivity contribution in [1.29, 1.82) is 5.26 Å². The van der Waals surface area contributed by atoms with E-state index in [1.165, 1.54) is 13.2 Å². The lowest BCUT2D eigenvalue weighted by Crippen LogP contribution is -2.38. The van der Waals surface area contributed by atoms with Crippen molar-refractivity contribution in [3.05, 3.63) is 29.3 Å². The Labute approximate surface area is 140 Å². The van der Waals surface area contributed by atoms with Crippen LogP contribution in [0, 0.1) is 11.3 Å². The first-order valence-corrected chi connectivity index (χ1v) is 7.60. The number of hydrogen-bond acceptors (Lipinski definition) is 6. The molecular formula is C17H20N2O5. The molecule has 0 atom stereocenters. The molecule has 0 spiro atoms. The molecule has 0 aromatic heterocycles. The zero-order valence-corrected chi connectivity index (χ0v) is 13.5. The summed E-state index contributed by atoms with van der Waals surface area (Å²) in [7, 11) is 1.51. The van der Waals surface area contributed by atoms with Crippen LogP contribution in [0.2, 0.25) is 0 Å². The summed E-state index contributed by atoms with van der Waals surface area (Å²) < 4.78 is 16.3. The molecule has 0 radical (unpaired) electrons. The third-order valence-electron chi connectivity index (χ3n) is 3.62. The number of benzene rings is 1. The zero-order chi connectivity index (χ0) is 17.4. The number of morpholine rings is 1. The first-order chi connectivity index (χ1) is 11.6. The topological polar surface area (TPSA) is 92.0 Å². The molecule has 24 heavy (non-hydrogen) atoms. The van der Waals surface area contributed by atoms with E-state index in [9.17, 15) is 4.79 Å². The highest BCUT2D eigenvalue weighted by Crippen LogP contribution is 2.29. The minimum absolute atomic E-state index is 0.335. The van der Waals surface area contributed by atoms with Crippen LogP contribution in [0.25, 0.3) is 6.08 Å². The Morgan fingerprint density at radius 2 is 2.17 bits per heavy atom. The average molecular weight is 332 g/mol. The molecule has 1 N–H and O–H groups in total. The van der Waals surface area contributed by atoms with Crippen molar-refractivity contribution in [1.82, 2.24) is 4.90 Å². The van der Waals surface area contributed by atoms with Gasteiger partial charge in [0.1, 0.15) is 18.2 Å². The van der Waals surface area contributed by atoms with E-state index in [2.05, 4.69) is 4.90 Å². The quantitative estimate of drug-likeness (QED) is 0.596. The van der Waals surface area contributed by atoms with Gasteiger partial charge in [-0.3, -0.25) is 4.90 Å². The molecule has 1 aromatic carbocycles. The maximum Gasteiger partial charge on any atom is 0.346 e. The first-order valence-electron chi connectivity index (χ1n) is 7.60. The largest absolute Gasteiger partial charge is 0.493 e. The SMILES string of the molecule is COc1cc(C=C(C#N)C(=O)O)ccc1OCCN1CCOCC1. The van der Waals surface area contributed by atoms with Crippen LogP contribution in [0.1, 0.15) is 5.56 Å². The summed E-state index contributed by atoms with van der Waals surface area (Å²) >= 11 is 0. The maximum absolute atomic E-state index is 10.9. The van der Waals surface area contributed by atoms with Gasteiger partial charge in [0.15, 0.2) is 11.5 Å². The second-order valence-corrected chi connectivity index (χ2v) is 5.19.